The number of nitrogens with zero attached hydrogens (tertiary/aromatic N) is 3. The first-order chi connectivity index (χ1) is 13.1. The highest BCUT2D eigenvalue weighted by molar-refractivity contribution is 6.02. The van der Waals surface area contributed by atoms with Gasteiger partial charge in [0.25, 0.3) is 11.6 Å². The van der Waals surface area contributed by atoms with E-state index in [0.29, 0.717) is 0 Å². The fourth-order valence-electron chi connectivity index (χ4n) is 3.05. The summed E-state index contributed by atoms with van der Waals surface area (Å²) in [5.41, 5.74) is 3.25. The molecule has 3 rings (SSSR count). The molecule has 7 nitrogen and oxygen atoms in total. The molecule has 0 saturated carbocycles. The van der Waals surface area contributed by atoms with Crippen LogP contribution in [-0.4, -0.2) is 20.6 Å². The molecule has 0 spiro atoms. The molecule has 28 heavy (non-hydrogen) atoms. The van der Waals surface area contributed by atoms with Gasteiger partial charge in [-0.1, -0.05) is 36.4 Å². The van der Waals surface area contributed by atoms with E-state index in [1.165, 1.54) is 37.4 Å². The third-order valence-corrected chi connectivity index (χ3v) is 4.14. The van der Waals surface area contributed by atoms with Gasteiger partial charge in [0.15, 0.2) is 5.69 Å². The van der Waals surface area contributed by atoms with E-state index >= 15 is 0 Å². The maximum Gasteiger partial charge on any atom is 0.435 e. The van der Waals surface area contributed by atoms with Crippen LogP contribution in [0.1, 0.15) is 16.1 Å². The van der Waals surface area contributed by atoms with Crippen LogP contribution >= 0.6 is 0 Å². The standard InChI is InChI=1S/C18H13F3N4O3/c1-24-15(14(17(22)26)16(23-24)18(19,20)21)12-8-3-2-6-10(12)11-7-4-5-9-13(11)25(27)28/h2-9H,1H3,(H2,22,26). The average Bonchev–Trinajstić information content (AvgIpc) is 2.99. The minimum absolute atomic E-state index is 0.163. The normalized spacial score (nSPS) is 11.4. The van der Waals surface area contributed by atoms with Crippen molar-refractivity contribution < 1.29 is 22.9 Å². The summed E-state index contributed by atoms with van der Waals surface area (Å²) >= 11 is 0. The van der Waals surface area contributed by atoms with Gasteiger partial charge in [0.2, 0.25) is 0 Å². The lowest BCUT2D eigenvalue weighted by Crippen LogP contribution is -2.18. The van der Waals surface area contributed by atoms with E-state index in [9.17, 15) is 28.1 Å². The number of aromatic nitrogens is 2. The molecule has 1 heterocycles. The molecular weight excluding hydrogens is 377 g/mol. The van der Waals surface area contributed by atoms with Crippen molar-refractivity contribution in [2.24, 2.45) is 12.8 Å². The Morgan fingerprint density at radius 1 is 1.07 bits per heavy atom. The lowest BCUT2D eigenvalue weighted by molar-refractivity contribution is -0.384. The molecule has 10 heteroatoms. The van der Waals surface area contributed by atoms with Gasteiger partial charge in [0.1, 0.15) is 0 Å². The van der Waals surface area contributed by atoms with Crippen molar-refractivity contribution in [2.45, 2.75) is 6.18 Å². The van der Waals surface area contributed by atoms with Crippen molar-refractivity contribution in [3.63, 3.8) is 0 Å². The highest BCUT2D eigenvalue weighted by Gasteiger charge is 2.41. The molecule has 0 fully saturated rings. The number of amides is 1. The Labute approximate surface area is 156 Å². The number of nitro groups is 1. The Balaban J connectivity index is 2.37. The second-order valence-corrected chi connectivity index (χ2v) is 5.88. The van der Waals surface area contributed by atoms with Gasteiger partial charge in [0, 0.05) is 18.7 Å². The van der Waals surface area contributed by atoms with E-state index in [4.69, 9.17) is 5.73 Å². The molecule has 1 aromatic heterocycles. The summed E-state index contributed by atoms with van der Waals surface area (Å²) in [6.07, 6.45) is -4.89. The second kappa shape index (κ2) is 6.80. The van der Waals surface area contributed by atoms with Crippen molar-refractivity contribution >= 4 is 11.6 Å². The largest absolute Gasteiger partial charge is 0.435 e. The van der Waals surface area contributed by atoms with Gasteiger partial charge in [0.05, 0.1) is 21.7 Å². The Kier molecular flexibility index (Phi) is 4.63. The van der Waals surface area contributed by atoms with Crippen LogP contribution in [0.15, 0.2) is 48.5 Å². The highest BCUT2D eigenvalue weighted by atomic mass is 19.4. The molecule has 0 unspecified atom stereocenters. The van der Waals surface area contributed by atoms with E-state index in [1.807, 2.05) is 0 Å². The van der Waals surface area contributed by atoms with Gasteiger partial charge in [-0.3, -0.25) is 19.6 Å². The molecule has 0 radical (unpaired) electrons. The van der Waals surface area contributed by atoms with Gasteiger partial charge in [-0.25, -0.2) is 0 Å². The first-order valence-electron chi connectivity index (χ1n) is 7.90. The SMILES string of the molecule is Cn1nc(C(F)(F)F)c(C(N)=O)c1-c1ccccc1-c1ccccc1[N+](=O)[O-]. The number of rotatable bonds is 4. The number of nitro benzene ring substituents is 1. The molecule has 0 aliphatic carbocycles. The summed E-state index contributed by atoms with van der Waals surface area (Å²) in [5, 5.41) is 14.8. The third-order valence-electron chi connectivity index (χ3n) is 4.14. The predicted molar refractivity (Wildman–Crippen MR) is 94.3 cm³/mol. The van der Waals surface area contributed by atoms with Crippen LogP contribution in [0.4, 0.5) is 18.9 Å². The zero-order chi connectivity index (χ0) is 20.6. The van der Waals surface area contributed by atoms with Crippen LogP contribution in [0.2, 0.25) is 0 Å². The van der Waals surface area contributed by atoms with Gasteiger partial charge < -0.3 is 5.73 Å². The third kappa shape index (κ3) is 3.20. The smallest absolute Gasteiger partial charge is 0.365 e. The van der Waals surface area contributed by atoms with Crippen LogP contribution in [0.25, 0.3) is 22.4 Å². The maximum absolute atomic E-state index is 13.3. The Morgan fingerprint density at radius 2 is 1.61 bits per heavy atom. The summed E-state index contributed by atoms with van der Waals surface area (Å²) in [4.78, 5) is 22.7. The number of para-hydroxylation sites is 1. The summed E-state index contributed by atoms with van der Waals surface area (Å²) < 4.78 is 40.9. The zero-order valence-corrected chi connectivity index (χ0v) is 14.4. The van der Waals surface area contributed by atoms with Crippen molar-refractivity contribution in [1.82, 2.24) is 9.78 Å². The molecule has 144 valence electrons. The Bertz CT molecular complexity index is 1090. The Morgan fingerprint density at radius 3 is 2.14 bits per heavy atom. The summed E-state index contributed by atoms with van der Waals surface area (Å²) in [6, 6.07) is 11.9. The van der Waals surface area contributed by atoms with Gasteiger partial charge >= 0.3 is 6.18 Å². The molecule has 2 N–H and O–H groups in total. The summed E-state index contributed by atoms with van der Waals surface area (Å²) in [6.45, 7) is 0. The maximum atomic E-state index is 13.3. The molecule has 3 aromatic rings. The number of nitrogens with two attached hydrogens (primary N) is 1. The van der Waals surface area contributed by atoms with Crippen molar-refractivity contribution in [3.8, 4) is 22.4 Å². The number of benzene rings is 2. The summed E-state index contributed by atoms with van der Waals surface area (Å²) in [7, 11) is 1.24. The number of halogens is 3. The number of alkyl halides is 3. The molecule has 0 atom stereocenters. The van der Waals surface area contributed by atoms with E-state index < -0.39 is 28.3 Å². The van der Waals surface area contributed by atoms with E-state index in [0.717, 1.165) is 4.68 Å². The Hall–Kier alpha value is -3.69. The lowest BCUT2D eigenvalue weighted by Gasteiger charge is -2.12. The second-order valence-electron chi connectivity index (χ2n) is 5.88. The number of carbonyl (C=O) groups is 1. The van der Waals surface area contributed by atoms with E-state index in [1.54, 1.807) is 18.2 Å². The van der Waals surface area contributed by atoms with Crippen molar-refractivity contribution in [2.75, 3.05) is 0 Å². The molecule has 2 aromatic carbocycles. The van der Waals surface area contributed by atoms with Gasteiger partial charge in [-0.05, 0) is 11.6 Å². The first kappa shape index (κ1) is 19.1. The number of hydrogen-bond donors (Lipinski definition) is 1. The highest BCUT2D eigenvalue weighted by Crippen LogP contribution is 2.41. The fraction of sp³-hybridized carbons (Fsp3) is 0.111. The van der Waals surface area contributed by atoms with Crippen LogP contribution in [0, 0.1) is 10.1 Å². The molecule has 0 saturated heterocycles. The molecule has 1 amide bonds. The summed E-state index contributed by atoms with van der Waals surface area (Å²) in [5.74, 6) is -1.30. The van der Waals surface area contributed by atoms with Gasteiger partial charge in [-0.2, -0.15) is 18.3 Å². The van der Waals surface area contributed by atoms with Crippen LogP contribution in [0.5, 0.6) is 0 Å². The van der Waals surface area contributed by atoms with Crippen LogP contribution in [0.3, 0.4) is 0 Å². The van der Waals surface area contributed by atoms with Crippen molar-refractivity contribution in [3.05, 3.63) is 69.9 Å². The fourth-order valence-corrected chi connectivity index (χ4v) is 3.05. The number of primary amides is 1. The first-order valence-corrected chi connectivity index (χ1v) is 7.90. The monoisotopic (exact) mass is 390 g/mol. The van der Waals surface area contributed by atoms with Gasteiger partial charge in [-0.15, -0.1) is 0 Å². The molecular formula is C18H13F3N4O3. The predicted octanol–water partition coefficient (Wildman–Crippen LogP) is 3.78. The molecule has 0 bridgehead atoms. The molecule has 0 aliphatic rings. The van der Waals surface area contributed by atoms with Crippen LogP contribution < -0.4 is 5.73 Å². The van der Waals surface area contributed by atoms with Crippen LogP contribution in [-0.2, 0) is 13.2 Å². The number of carbonyl (C=O) groups excluding carboxylic acids is 1. The van der Waals surface area contributed by atoms with Crippen molar-refractivity contribution in [1.29, 1.82) is 0 Å². The number of aryl methyl sites for hydroxylation is 1. The topological polar surface area (TPSA) is 104 Å². The average molecular weight is 390 g/mol. The molecule has 0 aliphatic heterocycles. The minimum atomic E-state index is -4.89. The zero-order valence-electron chi connectivity index (χ0n) is 14.4. The minimum Gasteiger partial charge on any atom is -0.365 e. The van der Waals surface area contributed by atoms with E-state index in [-0.39, 0.29) is 28.1 Å². The number of hydrogen-bond acceptors (Lipinski definition) is 4. The lowest BCUT2D eigenvalue weighted by atomic mass is 9.94. The quantitative estimate of drug-likeness (QED) is 0.541. The van der Waals surface area contributed by atoms with E-state index in [2.05, 4.69) is 5.10 Å².